The van der Waals surface area contributed by atoms with Gasteiger partial charge in [0.25, 0.3) is 11.1 Å². The van der Waals surface area contributed by atoms with Gasteiger partial charge in [-0.1, -0.05) is 51.1 Å². The molecular formula is C25H24F2N4O3S. The number of thioether (sulfide) groups is 1. The van der Waals surface area contributed by atoms with E-state index in [4.69, 9.17) is 0 Å². The molecule has 1 N–H and O–H groups in total. The highest BCUT2D eigenvalue weighted by Crippen LogP contribution is 2.36. The highest BCUT2D eigenvalue weighted by Gasteiger charge is 2.43. The maximum absolute atomic E-state index is 14.7. The summed E-state index contributed by atoms with van der Waals surface area (Å²) in [5.74, 6) is -2.45. The molecule has 1 aliphatic heterocycles. The topological polar surface area (TPSA) is 88.3 Å². The van der Waals surface area contributed by atoms with E-state index in [2.05, 4.69) is 31.0 Å². The second-order valence-electron chi connectivity index (χ2n) is 9.36. The molecule has 1 aliphatic rings. The minimum Gasteiger partial charge on any atom is -0.381 e. The molecule has 1 unspecified atom stereocenters. The van der Waals surface area contributed by atoms with Gasteiger partial charge in [-0.2, -0.15) is 15.0 Å². The summed E-state index contributed by atoms with van der Waals surface area (Å²) < 4.78 is 28.2. The number of β-amino-alcohol motifs (C(OH)–C–C–N with tert-alkyl or cyclic N) is 1. The summed E-state index contributed by atoms with van der Waals surface area (Å²) in [4.78, 5) is 28.0. The minimum atomic E-state index is -2.10. The fourth-order valence-electron chi connectivity index (χ4n) is 3.77. The molecular weight excluding hydrogens is 474 g/mol. The van der Waals surface area contributed by atoms with E-state index in [1.54, 1.807) is 6.08 Å². The lowest BCUT2D eigenvalue weighted by molar-refractivity contribution is -0.126. The van der Waals surface area contributed by atoms with Gasteiger partial charge in [0.15, 0.2) is 0 Å². The highest BCUT2D eigenvalue weighted by atomic mass is 32.2. The molecule has 0 spiro atoms. The third-order valence-corrected chi connectivity index (χ3v) is 6.58. The van der Waals surface area contributed by atoms with Crippen molar-refractivity contribution in [3.05, 3.63) is 88.1 Å². The lowest BCUT2D eigenvalue weighted by Crippen LogP contribution is -2.46. The number of carbonyl (C=O) groups excluding carboxylic acids is 2. The first-order valence-corrected chi connectivity index (χ1v) is 11.7. The van der Waals surface area contributed by atoms with Crippen molar-refractivity contribution in [1.82, 2.24) is 19.9 Å². The van der Waals surface area contributed by atoms with E-state index >= 15 is 0 Å². The van der Waals surface area contributed by atoms with Gasteiger partial charge in [-0.3, -0.25) is 14.5 Å². The number of aromatic nitrogens is 3. The number of hydrogen-bond acceptors (Lipinski definition) is 6. The van der Waals surface area contributed by atoms with E-state index in [9.17, 15) is 23.5 Å². The maximum Gasteiger partial charge on any atom is 0.293 e. The molecule has 3 aromatic rings. The molecule has 1 atom stereocenters. The first kappa shape index (κ1) is 24.7. The van der Waals surface area contributed by atoms with E-state index in [1.807, 2.05) is 24.3 Å². The molecule has 35 heavy (non-hydrogen) atoms. The predicted molar refractivity (Wildman–Crippen MR) is 128 cm³/mol. The van der Waals surface area contributed by atoms with Gasteiger partial charge in [0.2, 0.25) is 0 Å². The Kier molecular flexibility index (Phi) is 6.61. The zero-order valence-corrected chi connectivity index (χ0v) is 20.2. The van der Waals surface area contributed by atoms with Crippen molar-refractivity contribution < 1.29 is 23.5 Å². The average Bonchev–Trinajstić information content (AvgIpc) is 3.37. The summed E-state index contributed by atoms with van der Waals surface area (Å²) in [5.41, 5.74) is -0.547. The van der Waals surface area contributed by atoms with Crippen LogP contribution in [0.2, 0.25) is 0 Å². The quantitative estimate of drug-likeness (QED) is 0.505. The summed E-state index contributed by atoms with van der Waals surface area (Å²) in [6.45, 7) is 5.35. The molecule has 4 rings (SSSR count). The van der Waals surface area contributed by atoms with Crippen molar-refractivity contribution >= 4 is 29.0 Å². The van der Waals surface area contributed by atoms with Gasteiger partial charge in [0.1, 0.15) is 17.2 Å². The van der Waals surface area contributed by atoms with Crippen LogP contribution in [-0.4, -0.2) is 42.7 Å². The molecule has 2 amide bonds. The van der Waals surface area contributed by atoms with Crippen LogP contribution in [0, 0.1) is 11.6 Å². The summed E-state index contributed by atoms with van der Waals surface area (Å²) in [6, 6.07) is 10.4. The van der Waals surface area contributed by atoms with E-state index in [-0.39, 0.29) is 22.4 Å². The van der Waals surface area contributed by atoms with Gasteiger partial charge in [0.05, 0.1) is 30.4 Å². The molecule has 1 fully saturated rings. The van der Waals surface area contributed by atoms with Crippen LogP contribution in [0.3, 0.4) is 0 Å². The van der Waals surface area contributed by atoms with Gasteiger partial charge < -0.3 is 5.11 Å². The van der Waals surface area contributed by atoms with Gasteiger partial charge in [-0.15, -0.1) is 0 Å². The molecule has 0 saturated carbocycles. The highest BCUT2D eigenvalue weighted by molar-refractivity contribution is 8.18. The molecule has 1 saturated heterocycles. The lowest BCUT2D eigenvalue weighted by Gasteiger charge is -2.31. The SMILES string of the molecule is CC(C)(C)c1ccc(/C=C2\SC(=O)N(CC(O)(Cn3nccn3)c3ccc(F)cc3F)C2=O)cc1. The van der Waals surface area contributed by atoms with Crippen LogP contribution in [0.15, 0.2) is 59.8 Å². The Bertz CT molecular complexity index is 1290. The van der Waals surface area contributed by atoms with Crippen molar-refractivity contribution in [1.29, 1.82) is 0 Å². The summed E-state index contributed by atoms with van der Waals surface area (Å²) in [7, 11) is 0. The number of aliphatic hydroxyl groups is 1. The number of hydrogen-bond donors (Lipinski definition) is 1. The van der Waals surface area contributed by atoms with Crippen LogP contribution in [0.5, 0.6) is 0 Å². The third kappa shape index (κ3) is 5.33. The van der Waals surface area contributed by atoms with Crippen LogP contribution < -0.4 is 0 Å². The maximum atomic E-state index is 14.7. The zero-order chi connectivity index (χ0) is 25.4. The number of benzene rings is 2. The lowest BCUT2D eigenvalue weighted by atomic mass is 9.87. The summed E-state index contributed by atoms with van der Waals surface area (Å²) in [5, 5.41) is 18.7. The number of rotatable bonds is 6. The molecule has 0 aliphatic carbocycles. The first-order valence-electron chi connectivity index (χ1n) is 10.8. The van der Waals surface area contributed by atoms with Gasteiger partial charge >= 0.3 is 0 Å². The van der Waals surface area contributed by atoms with E-state index < -0.39 is 34.9 Å². The van der Waals surface area contributed by atoms with Crippen molar-refractivity contribution in [3.63, 3.8) is 0 Å². The van der Waals surface area contributed by atoms with E-state index in [0.717, 1.165) is 44.7 Å². The van der Waals surface area contributed by atoms with Crippen LogP contribution in [0.1, 0.15) is 37.5 Å². The molecule has 10 heteroatoms. The van der Waals surface area contributed by atoms with Crippen LogP contribution in [0.25, 0.3) is 6.08 Å². The zero-order valence-electron chi connectivity index (χ0n) is 19.4. The smallest absolute Gasteiger partial charge is 0.293 e. The second kappa shape index (κ2) is 9.35. The van der Waals surface area contributed by atoms with Crippen LogP contribution >= 0.6 is 11.8 Å². The minimum absolute atomic E-state index is 0.0279. The molecule has 2 heterocycles. The number of carbonyl (C=O) groups is 2. The Labute approximate surface area is 205 Å². The van der Waals surface area contributed by atoms with Gasteiger partial charge in [0, 0.05) is 11.6 Å². The Balaban J connectivity index is 1.63. The van der Waals surface area contributed by atoms with E-state index in [1.165, 1.54) is 12.4 Å². The molecule has 7 nitrogen and oxygen atoms in total. The normalized spacial score (nSPS) is 17.3. The first-order chi connectivity index (χ1) is 16.5. The summed E-state index contributed by atoms with van der Waals surface area (Å²) >= 11 is 0.732. The Hall–Kier alpha value is -3.37. The Morgan fingerprint density at radius 1 is 1.00 bits per heavy atom. The average molecular weight is 499 g/mol. The molecule has 2 aromatic carbocycles. The summed E-state index contributed by atoms with van der Waals surface area (Å²) in [6.07, 6.45) is 4.34. The number of nitrogens with zero attached hydrogens (tertiary/aromatic N) is 4. The van der Waals surface area contributed by atoms with Crippen molar-refractivity contribution in [2.75, 3.05) is 6.54 Å². The number of amides is 2. The molecule has 0 bridgehead atoms. The molecule has 182 valence electrons. The standard InChI is InChI=1S/C25H24F2N4O3S/c1-24(2,3)17-6-4-16(5-7-17)12-21-22(32)30(23(33)35-21)14-25(34,15-31-28-10-11-29-31)19-9-8-18(26)13-20(19)27/h4-13,34H,14-15H2,1-3H3/b21-12-. The van der Waals surface area contributed by atoms with Crippen molar-refractivity contribution in [3.8, 4) is 0 Å². The fourth-order valence-corrected chi connectivity index (χ4v) is 4.61. The Morgan fingerprint density at radius 2 is 1.66 bits per heavy atom. The van der Waals surface area contributed by atoms with Crippen molar-refractivity contribution in [2.45, 2.75) is 38.3 Å². The van der Waals surface area contributed by atoms with Gasteiger partial charge in [-0.05, 0) is 40.4 Å². The monoisotopic (exact) mass is 498 g/mol. The largest absolute Gasteiger partial charge is 0.381 e. The molecule has 1 aromatic heterocycles. The number of halogens is 2. The van der Waals surface area contributed by atoms with E-state index in [0.29, 0.717) is 6.07 Å². The fraction of sp³-hybridized carbons (Fsp3) is 0.280. The third-order valence-electron chi connectivity index (χ3n) is 5.67. The second-order valence-corrected chi connectivity index (χ2v) is 10.3. The number of imide groups is 1. The van der Waals surface area contributed by atoms with Crippen molar-refractivity contribution in [2.24, 2.45) is 0 Å². The molecule has 0 radical (unpaired) electrons. The van der Waals surface area contributed by atoms with Crippen LogP contribution in [-0.2, 0) is 22.4 Å². The van der Waals surface area contributed by atoms with Gasteiger partial charge in [-0.25, -0.2) is 8.78 Å². The van der Waals surface area contributed by atoms with Crippen LogP contribution in [0.4, 0.5) is 13.6 Å². The Morgan fingerprint density at radius 3 is 2.26 bits per heavy atom. The predicted octanol–water partition coefficient (Wildman–Crippen LogP) is 4.48.